The van der Waals surface area contributed by atoms with Crippen LogP contribution in [0.1, 0.15) is 12.3 Å². The van der Waals surface area contributed by atoms with Gasteiger partial charge in [-0.1, -0.05) is 4.74 Å². The Balaban J connectivity index is 1.95. The summed E-state index contributed by atoms with van der Waals surface area (Å²) in [6.45, 7) is 4.00. The van der Waals surface area contributed by atoms with Crippen LogP contribution in [-0.2, 0) is 6.54 Å². The summed E-state index contributed by atoms with van der Waals surface area (Å²) in [4.78, 5) is 6.36. The minimum absolute atomic E-state index is 0.641. The van der Waals surface area contributed by atoms with E-state index in [1.165, 1.54) is 13.0 Å². The largest absolute Gasteiger partial charge is 0.350 e. The number of likely N-dealkylation sites (tertiary alicyclic amines) is 1. The first-order valence-electron chi connectivity index (χ1n) is 4.28. The molecule has 12 heavy (non-hydrogen) atoms. The molecule has 4 nitrogen and oxygen atoms in total. The average molecular weight is 168 g/mol. The first-order valence-corrected chi connectivity index (χ1v) is 4.28. The minimum Gasteiger partial charge on any atom is -0.299 e. The van der Waals surface area contributed by atoms with Gasteiger partial charge in [-0.2, -0.15) is 0 Å². The van der Waals surface area contributed by atoms with Gasteiger partial charge in [0.25, 0.3) is 0 Å². The van der Waals surface area contributed by atoms with E-state index < -0.39 is 0 Å². The van der Waals surface area contributed by atoms with E-state index in [9.17, 15) is 0 Å². The van der Waals surface area contributed by atoms with Crippen LogP contribution in [0.25, 0.3) is 0 Å². The quantitative estimate of drug-likeness (QED) is 0.582. The summed E-state index contributed by atoms with van der Waals surface area (Å²) in [7, 11) is 2.14. The lowest BCUT2D eigenvalue weighted by molar-refractivity contribution is -0.868. The third-order valence-corrected chi connectivity index (χ3v) is 2.45. The smallest absolute Gasteiger partial charge is 0.299 e. The Bertz CT molecular complexity index is 271. The predicted molar refractivity (Wildman–Crippen MR) is 42.5 cm³/mol. The number of likely N-dealkylation sites (N-methyl/N-ethyl adjacent to an activating group) is 1. The maximum Gasteiger partial charge on any atom is 0.350 e. The summed E-state index contributed by atoms with van der Waals surface area (Å²) >= 11 is 0. The van der Waals surface area contributed by atoms with Crippen LogP contribution in [0.5, 0.6) is 0 Å². The standard InChI is InChI=1S/C8H14N3O/c1-7-9-6-11(12-7)5-8-3-4-10(8)2/h6,8H,3-5H2,1-2H3/q+1/t8-/m0/s1. The van der Waals surface area contributed by atoms with E-state index in [4.69, 9.17) is 4.52 Å². The first kappa shape index (κ1) is 7.73. The monoisotopic (exact) mass is 168 g/mol. The molecule has 0 saturated carbocycles. The van der Waals surface area contributed by atoms with Crippen molar-refractivity contribution < 1.29 is 9.26 Å². The summed E-state index contributed by atoms with van der Waals surface area (Å²) in [6.07, 6.45) is 3.02. The molecule has 1 aliphatic rings. The van der Waals surface area contributed by atoms with Crippen LogP contribution in [0.4, 0.5) is 0 Å². The first-order chi connectivity index (χ1) is 5.75. The van der Waals surface area contributed by atoms with E-state index in [0.717, 1.165) is 12.4 Å². The zero-order chi connectivity index (χ0) is 8.55. The van der Waals surface area contributed by atoms with Crippen LogP contribution in [-0.4, -0.2) is 29.5 Å². The van der Waals surface area contributed by atoms with E-state index in [1.54, 1.807) is 11.1 Å². The normalized spacial score (nSPS) is 24.0. The zero-order valence-electron chi connectivity index (χ0n) is 7.53. The molecular weight excluding hydrogens is 154 g/mol. The van der Waals surface area contributed by atoms with Crippen molar-refractivity contribution in [3.63, 3.8) is 0 Å². The molecule has 1 aromatic rings. The van der Waals surface area contributed by atoms with Gasteiger partial charge < -0.3 is 0 Å². The summed E-state index contributed by atoms with van der Waals surface area (Å²) in [5.41, 5.74) is 0. The van der Waals surface area contributed by atoms with E-state index in [1.807, 2.05) is 6.92 Å². The third kappa shape index (κ3) is 1.34. The van der Waals surface area contributed by atoms with Crippen molar-refractivity contribution in [1.82, 2.24) is 9.88 Å². The van der Waals surface area contributed by atoms with Crippen molar-refractivity contribution in [1.29, 1.82) is 0 Å². The van der Waals surface area contributed by atoms with Gasteiger partial charge in [-0.25, -0.2) is 0 Å². The second-order valence-corrected chi connectivity index (χ2v) is 3.38. The molecule has 2 heterocycles. The SMILES string of the molecule is Cc1nc[n+](C[C@@H]2CCN2C)o1. The van der Waals surface area contributed by atoms with Crippen LogP contribution in [0.3, 0.4) is 0 Å². The van der Waals surface area contributed by atoms with Gasteiger partial charge in [-0.15, -0.1) is 0 Å². The molecule has 4 heteroatoms. The molecule has 2 rings (SSSR count). The summed E-state index contributed by atoms with van der Waals surface area (Å²) in [5, 5.41) is 0. The Labute approximate surface area is 71.8 Å². The molecule has 1 atom stereocenters. The zero-order valence-corrected chi connectivity index (χ0v) is 7.53. The molecule has 0 N–H and O–H groups in total. The van der Waals surface area contributed by atoms with Gasteiger partial charge in [0.15, 0.2) is 0 Å². The van der Waals surface area contributed by atoms with Crippen molar-refractivity contribution in [3.8, 4) is 0 Å². The molecule has 1 aliphatic heterocycles. The third-order valence-electron chi connectivity index (χ3n) is 2.45. The fourth-order valence-electron chi connectivity index (χ4n) is 1.46. The highest BCUT2D eigenvalue weighted by Crippen LogP contribution is 2.13. The number of aryl methyl sites for hydroxylation is 1. The highest BCUT2D eigenvalue weighted by atomic mass is 16.5. The Kier molecular flexibility index (Phi) is 1.84. The van der Waals surface area contributed by atoms with Crippen LogP contribution in [0.2, 0.25) is 0 Å². The second kappa shape index (κ2) is 2.86. The predicted octanol–water partition coefficient (Wildman–Crippen LogP) is -0.0254. The Morgan fingerprint density at radius 3 is 3.08 bits per heavy atom. The van der Waals surface area contributed by atoms with Gasteiger partial charge in [0, 0.05) is 6.92 Å². The molecule has 0 aromatic carbocycles. The van der Waals surface area contributed by atoms with Crippen LogP contribution >= 0.6 is 0 Å². The number of nitrogens with zero attached hydrogens (tertiary/aromatic N) is 3. The van der Waals surface area contributed by atoms with Gasteiger partial charge in [0.1, 0.15) is 6.54 Å². The van der Waals surface area contributed by atoms with Crippen molar-refractivity contribution >= 4 is 0 Å². The second-order valence-electron chi connectivity index (χ2n) is 3.38. The van der Waals surface area contributed by atoms with Crippen molar-refractivity contribution in [2.24, 2.45) is 0 Å². The molecule has 0 aliphatic carbocycles. The van der Waals surface area contributed by atoms with Crippen LogP contribution < -0.4 is 4.74 Å². The molecule has 1 saturated heterocycles. The number of rotatable bonds is 2. The maximum absolute atomic E-state index is 5.32. The minimum atomic E-state index is 0.641. The molecule has 1 fully saturated rings. The van der Waals surface area contributed by atoms with E-state index >= 15 is 0 Å². The lowest BCUT2D eigenvalue weighted by Crippen LogP contribution is -2.53. The summed E-state index contributed by atoms with van der Waals surface area (Å²) < 4.78 is 7.12. The van der Waals surface area contributed by atoms with Gasteiger partial charge >= 0.3 is 12.2 Å². The fraction of sp³-hybridized carbons (Fsp3) is 0.750. The molecule has 0 amide bonds. The van der Waals surface area contributed by atoms with Gasteiger partial charge in [0.2, 0.25) is 0 Å². The van der Waals surface area contributed by atoms with Gasteiger partial charge in [-0.05, 0) is 25.0 Å². The molecular formula is C8H14N3O+. The average Bonchev–Trinajstić information content (AvgIpc) is 2.44. The Morgan fingerprint density at radius 1 is 1.83 bits per heavy atom. The van der Waals surface area contributed by atoms with Crippen molar-refractivity contribution in [2.45, 2.75) is 25.9 Å². The van der Waals surface area contributed by atoms with Gasteiger partial charge in [0.05, 0.1) is 6.04 Å². The summed E-state index contributed by atoms with van der Waals surface area (Å²) in [6, 6.07) is 0.641. The topological polar surface area (TPSA) is 33.1 Å². The van der Waals surface area contributed by atoms with E-state index in [2.05, 4.69) is 16.9 Å². The molecule has 0 unspecified atom stereocenters. The maximum atomic E-state index is 5.32. The summed E-state index contributed by atoms with van der Waals surface area (Å²) in [5.74, 6) is 0.733. The number of hydrogen-bond donors (Lipinski definition) is 0. The van der Waals surface area contributed by atoms with E-state index in [-0.39, 0.29) is 0 Å². The molecule has 0 radical (unpaired) electrons. The Morgan fingerprint density at radius 2 is 2.67 bits per heavy atom. The highest BCUT2D eigenvalue weighted by Gasteiger charge is 2.27. The molecule has 0 spiro atoms. The molecule has 1 aromatic heterocycles. The molecule has 0 bridgehead atoms. The van der Waals surface area contributed by atoms with Crippen molar-refractivity contribution in [3.05, 3.63) is 12.2 Å². The van der Waals surface area contributed by atoms with Crippen LogP contribution in [0, 0.1) is 6.92 Å². The lowest BCUT2D eigenvalue weighted by Gasteiger charge is -2.35. The highest BCUT2D eigenvalue weighted by molar-refractivity contribution is 4.75. The van der Waals surface area contributed by atoms with Crippen LogP contribution in [0.15, 0.2) is 10.9 Å². The van der Waals surface area contributed by atoms with Crippen molar-refractivity contribution in [2.75, 3.05) is 13.6 Å². The Hall–Kier alpha value is -0.900. The number of aromatic nitrogens is 2. The number of hydrogen-bond acceptors (Lipinski definition) is 3. The molecule has 66 valence electrons. The van der Waals surface area contributed by atoms with Gasteiger partial charge in [-0.3, -0.25) is 9.42 Å². The fourth-order valence-corrected chi connectivity index (χ4v) is 1.46. The lowest BCUT2D eigenvalue weighted by atomic mass is 10.1. The van der Waals surface area contributed by atoms with E-state index in [0.29, 0.717) is 6.04 Å².